The number of ether oxygens (including phenoxy) is 1. The molecule has 0 radical (unpaired) electrons. The maximum absolute atomic E-state index is 5.88. The zero-order valence-electron chi connectivity index (χ0n) is 11.4. The van der Waals surface area contributed by atoms with Crippen molar-refractivity contribution in [3.05, 3.63) is 34.3 Å². The summed E-state index contributed by atoms with van der Waals surface area (Å²) in [6.45, 7) is 6.68. The molecule has 0 saturated heterocycles. The molecule has 4 nitrogen and oxygen atoms in total. The van der Waals surface area contributed by atoms with Crippen molar-refractivity contribution in [1.82, 2.24) is 4.98 Å². The molecule has 0 bridgehead atoms. The number of anilines is 2. The van der Waals surface area contributed by atoms with Crippen LogP contribution in [-0.4, -0.2) is 11.1 Å². The number of aromatic nitrogens is 1. The van der Waals surface area contributed by atoms with Gasteiger partial charge >= 0.3 is 0 Å². The summed E-state index contributed by atoms with van der Waals surface area (Å²) in [6.07, 6.45) is 0.135. The van der Waals surface area contributed by atoms with E-state index in [1.165, 1.54) is 0 Å². The van der Waals surface area contributed by atoms with Gasteiger partial charge in [0.15, 0.2) is 0 Å². The molecule has 1 aromatic carbocycles. The van der Waals surface area contributed by atoms with E-state index in [0.29, 0.717) is 12.2 Å². The van der Waals surface area contributed by atoms with Gasteiger partial charge in [-0.15, -0.1) is 11.3 Å². The molecule has 0 spiro atoms. The number of nitrogens with one attached hydrogen (secondary N) is 1. The molecule has 1 aromatic heterocycles. The summed E-state index contributed by atoms with van der Waals surface area (Å²) in [4.78, 5) is 4.41. The minimum atomic E-state index is 0.135. The van der Waals surface area contributed by atoms with Crippen LogP contribution in [0.5, 0.6) is 5.75 Å². The maximum atomic E-state index is 5.88. The molecule has 19 heavy (non-hydrogen) atoms. The maximum Gasteiger partial charge on any atom is 0.123 e. The lowest BCUT2D eigenvalue weighted by Crippen LogP contribution is -2.07. The van der Waals surface area contributed by atoms with Crippen LogP contribution in [0, 0.1) is 6.92 Å². The first-order chi connectivity index (χ1) is 9.02. The number of thiazole rings is 1. The van der Waals surface area contributed by atoms with E-state index in [9.17, 15) is 0 Å². The highest BCUT2D eigenvalue weighted by Gasteiger charge is 2.03. The van der Waals surface area contributed by atoms with Crippen LogP contribution in [0.1, 0.15) is 24.5 Å². The Morgan fingerprint density at radius 1 is 1.37 bits per heavy atom. The van der Waals surface area contributed by atoms with E-state index in [2.05, 4.69) is 10.3 Å². The number of nitrogens with two attached hydrogens (primary N) is 1. The van der Waals surface area contributed by atoms with Gasteiger partial charge in [0.25, 0.3) is 0 Å². The molecule has 0 amide bonds. The Kier molecular flexibility index (Phi) is 4.27. The zero-order chi connectivity index (χ0) is 13.8. The van der Waals surface area contributed by atoms with Gasteiger partial charge in [-0.25, -0.2) is 4.98 Å². The first kappa shape index (κ1) is 13.7. The molecule has 0 fully saturated rings. The Labute approximate surface area is 117 Å². The Balaban J connectivity index is 2.05. The lowest BCUT2D eigenvalue weighted by atomic mass is 10.2. The van der Waals surface area contributed by atoms with Crippen LogP contribution in [0.15, 0.2) is 23.6 Å². The molecule has 3 N–H and O–H groups in total. The van der Waals surface area contributed by atoms with Crippen molar-refractivity contribution in [3.8, 4) is 5.75 Å². The number of nitrogen functional groups attached to an aromatic ring is 1. The van der Waals surface area contributed by atoms with E-state index in [1.54, 1.807) is 11.3 Å². The van der Waals surface area contributed by atoms with Gasteiger partial charge in [0, 0.05) is 34.6 Å². The second-order valence-electron chi connectivity index (χ2n) is 4.69. The van der Waals surface area contributed by atoms with Crippen LogP contribution in [0.3, 0.4) is 0 Å². The molecular formula is C14H19N3OS. The van der Waals surface area contributed by atoms with Crippen molar-refractivity contribution in [2.75, 3.05) is 11.1 Å². The minimum Gasteiger partial charge on any atom is -0.491 e. The highest BCUT2D eigenvalue weighted by molar-refractivity contribution is 7.09. The van der Waals surface area contributed by atoms with E-state index in [-0.39, 0.29) is 6.10 Å². The van der Waals surface area contributed by atoms with Gasteiger partial charge < -0.3 is 15.8 Å². The summed E-state index contributed by atoms with van der Waals surface area (Å²) >= 11 is 1.65. The van der Waals surface area contributed by atoms with Crippen molar-refractivity contribution in [3.63, 3.8) is 0 Å². The Morgan fingerprint density at radius 3 is 2.79 bits per heavy atom. The number of aryl methyl sites for hydroxylation is 1. The van der Waals surface area contributed by atoms with Crippen LogP contribution in [0.2, 0.25) is 0 Å². The Hall–Kier alpha value is -1.75. The summed E-state index contributed by atoms with van der Waals surface area (Å²) in [5, 5.41) is 6.42. The molecule has 0 aliphatic rings. The van der Waals surface area contributed by atoms with Crippen LogP contribution >= 0.6 is 11.3 Å². The summed E-state index contributed by atoms with van der Waals surface area (Å²) in [6, 6.07) is 5.68. The van der Waals surface area contributed by atoms with Crippen LogP contribution in [0.25, 0.3) is 0 Å². The number of benzene rings is 1. The summed E-state index contributed by atoms with van der Waals surface area (Å²) < 4.78 is 5.66. The number of rotatable bonds is 5. The van der Waals surface area contributed by atoms with Gasteiger partial charge in [0.05, 0.1) is 12.6 Å². The average Bonchev–Trinajstić information content (AvgIpc) is 2.71. The van der Waals surface area contributed by atoms with Crippen molar-refractivity contribution < 1.29 is 4.74 Å². The summed E-state index contributed by atoms with van der Waals surface area (Å²) in [5.74, 6) is 0.785. The molecule has 2 rings (SSSR count). The molecule has 0 aliphatic heterocycles. The third-order valence-corrected chi connectivity index (χ3v) is 3.38. The van der Waals surface area contributed by atoms with Gasteiger partial charge in [-0.3, -0.25) is 0 Å². The van der Waals surface area contributed by atoms with Crippen LogP contribution < -0.4 is 15.8 Å². The molecular weight excluding hydrogens is 258 g/mol. The highest BCUT2D eigenvalue weighted by Crippen LogP contribution is 2.24. The largest absolute Gasteiger partial charge is 0.491 e. The van der Waals surface area contributed by atoms with E-state index in [0.717, 1.165) is 22.1 Å². The molecule has 102 valence electrons. The molecule has 0 saturated carbocycles. The third kappa shape index (κ3) is 4.13. The first-order valence-corrected chi connectivity index (χ1v) is 7.13. The average molecular weight is 277 g/mol. The van der Waals surface area contributed by atoms with Crippen LogP contribution in [-0.2, 0) is 6.54 Å². The number of nitrogens with zero attached hydrogens (tertiary/aromatic N) is 1. The molecule has 0 unspecified atom stereocenters. The van der Waals surface area contributed by atoms with Crippen molar-refractivity contribution in [2.45, 2.75) is 33.4 Å². The molecule has 5 heteroatoms. The quantitative estimate of drug-likeness (QED) is 0.822. The highest BCUT2D eigenvalue weighted by atomic mass is 32.1. The molecule has 0 atom stereocenters. The fourth-order valence-electron chi connectivity index (χ4n) is 1.73. The summed E-state index contributed by atoms with van der Waals surface area (Å²) in [7, 11) is 0. The number of hydrogen-bond acceptors (Lipinski definition) is 5. The Morgan fingerprint density at radius 2 is 2.16 bits per heavy atom. The number of hydrogen-bond donors (Lipinski definition) is 2. The van der Waals surface area contributed by atoms with E-state index in [1.807, 2.05) is 44.4 Å². The molecule has 1 heterocycles. The smallest absolute Gasteiger partial charge is 0.123 e. The topological polar surface area (TPSA) is 60.2 Å². The van der Waals surface area contributed by atoms with Crippen molar-refractivity contribution >= 4 is 22.7 Å². The predicted octanol–water partition coefficient (Wildman–Crippen LogP) is 3.43. The Bertz CT molecular complexity index is 551. The standard InChI is InChI=1S/C14H19N3OS/c1-9(2)18-13-5-11(15)4-12(6-13)16-7-14-17-10(3)8-19-14/h4-6,8-9,16H,7,15H2,1-3H3. The molecule has 0 aliphatic carbocycles. The fourth-order valence-corrected chi connectivity index (χ4v) is 2.44. The van der Waals surface area contributed by atoms with Gasteiger partial charge in [0.1, 0.15) is 10.8 Å². The predicted molar refractivity (Wildman–Crippen MR) is 80.8 cm³/mol. The normalized spacial score (nSPS) is 10.7. The second-order valence-corrected chi connectivity index (χ2v) is 5.64. The molecule has 2 aromatic rings. The fraction of sp³-hybridized carbons (Fsp3) is 0.357. The second kappa shape index (κ2) is 5.93. The van der Waals surface area contributed by atoms with E-state index < -0.39 is 0 Å². The van der Waals surface area contributed by atoms with Gasteiger partial charge in [0.2, 0.25) is 0 Å². The van der Waals surface area contributed by atoms with E-state index in [4.69, 9.17) is 10.5 Å². The third-order valence-electron chi connectivity index (χ3n) is 2.41. The SMILES string of the molecule is Cc1csc(CNc2cc(N)cc(OC(C)C)c2)n1. The lowest BCUT2D eigenvalue weighted by molar-refractivity contribution is 0.242. The van der Waals surface area contributed by atoms with Gasteiger partial charge in [-0.2, -0.15) is 0 Å². The van der Waals surface area contributed by atoms with Crippen molar-refractivity contribution in [1.29, 1.82) is 0 Å². The lowest BCUT2D eigenvalue weighted by Gasteiger charge is -2.13. The summed E-state index contributed by atoms with van der Waals surface area (Å²) in [5.41, 5.74) is 8.57. The van der Waals surface area contributed by atoms with Crippen LogP contribution in [0.4, 0.5) is 11.4 Å². The monoisotopic (exact) mass is 277 g/mol. The van der Waals surface area contributed by atoms with E-state index >= 15 is 0 Å². The van der Waals surface area contributed by atoms with Crippen molar-refractivity contribution in [2.24, 2.45) is 0 Å². The zero-order valence-corrected chi connectivity index (χ0v) is 12.3. The minimum absolute atomic E-state index is 0.135. The van der Waals surface area contributed by atoms with Gasteiger partial charge in [-0.1, -0.05) is 0 Å². The van der Waals surface area contributed by atoms with Gasteiger partial charge in [-0.05, 0) is 26.8 Å². The first-order valence-electron chi connectivity index (χ1n) is 6.25.